The van der Waals surface area contributed by atoms with Crippen LogP contribution in [0.15, 0.2) is 29.2 Å². The van der Waals surface area contributed by atoms with E-state index in [-0.39, 0.29) is 10.5 Å². The molecule has 0 aliphatic heterocycles. The van der Waals surface area contributed by atoms with Crippen molar-refractivity contribution in [1.29, 1.82) is 0 Å². The van der Waals surface area contributed by atoms with Gasteiger partial charge in [-0.05, 0) is 43.9 Å². The number of rotatable bonds is 14. The number of ether oxygens (including phenoxy) is 1. The van der Waals surface area contributed by atoms with E-state index in [1.165, 1.54) is 76.7 Å². The molecule has 1 aromatic rings. The third-order valence-electron chi connectivity index (χ3n) is 5.50. The molecule has 0 aromatic heterocycles. The first-order valence-electron chi connectivity index (χ1n) is 11.7. The van der Waals surface area contributed by atoms with E-state index in [4.69, 9.17) is 4.55 Å². The molecule has 0 amide bonds. The van der Waals surface area contributed by atoms with Gasteiger partial charge in [-0.1, -0.05) is 59.4 Å². The second kappa shape index (κ2) is 16.6. The highest BCUT2D eigenvalue weighted by Crippen LogP contribution is 2.61. The zero-order valence-electron chi connectivity index (χ0n) is 20.2. The number of carbonyl (C=O) groups excluding carboxylic acids is 1. The highest BCUT2D eigenvalue weighted by Gasteiger charge is 2.34. The molecule has 5 nitrogen and oxygen atoms in total. The largest absolute Gasteiger partial charge is 0.465 e. The third kappa shape index (κ3) is 12.6. The van der Waals surface area contributed by atoms with Crippen molar-refractivity contribution in [1.82, 2.24) is 0 Å². The van der Waals surface area contributed by atoms with E-state index in [2.05, 4.69) is 32.4 Å². The van der Waals surface area contributed by atoms with Crippen molar-refractivity contribution in [3.05, 3.63) is 29.8 Å². The van der Waals surface area contributed by atoms with Gasteiger partial charge in [-0.3, -0.25) is 4.55 Å². The Hall–Kier alpha value is -0.970. The zero-order chi connectivity index (χ0) is 23.8. The number of hydrogen-bond donors (Lipinski definition) is 1. The summed E-state index contributed by atoms with van der Waals surface area (Å²) >= 11 is 0. The van der Waals surface area contributed by atoms with Crippen LogP contribution in [0, 0.1) is 0 Å². The summed E-state index contributed by atoms with van der Waals surface area (Å²) in [5.74, 6) is -0.657. The molecule has 0 bridgehead atoms. The lowest BCUT2D eigenvalue weighted by molar-refractivity contribution is 0.0600. The van der Waals surface area contributed by atoms with Crippen molar-refractivity contribution in [3.63, 3.8) is 0 Å². The first kappa shape index (κ1) is 30.0. The number of esters is 1. The fourth-order valence-corrected chi connectivity index (χ4v) is 9.36. The van der Waals surface area contributed by atoms with E-state index in [0.29, 0.717) is 0 Å². The Morgan fingerprint density at radius 2 is 1.29 bits per heavy atom. The van der Waals surface area contributed by atoms with E-state index in [0.717, 1.165) is 6.07 Å². The zero-order valence-corrected chi connectivity index (χ0v) is 21.9. The summed E-state index contributed by atoms with van der Waals surface area (Å²) < 4.78 is 34.5. The fourth-order valence-electron chi connectivity index (χ4n) is 3.55. The minimum Gasteiger partial charge on any atom is -0.465 e. The molecule has 0 spiro atoms. The van der Waals surface area contributed by atoms with Gasteiger partial charge in [0.2, 0.25) is 0 Å². The highest BCUT2D eigenvalue weighted by molar-refractivity contribution is 7.85. The molecule has 0 radical (unpaired) electrons. The number of benzene rings is 1. The molecule has 1 rings (SSSR count). The van der Waals surface area contributed by atoms with Gasteiger partial charge in [-0.15, -0.1) is 0 Å². The quantitative estimate of drug-likeness (QED) is 0.179. The molecule has 0 atom stereocenters. The first-order chi connectivity index (χ1) is 14.7. The fraction of sp³-hybridized carbons (Fsp3) is 0.708. The van der Waals surface area contributed by atoms with E-state index in [1.807, 2.05) is 0 Å². The van der Waals surface area contributed by atoms with Crippen LogP contribution in [-0.4, -0.2) is 50.7 Å². The summed E-state index contributed by atoms with van der Waals surface area (Å²) in [6.45, 7) is 9.42. The summed E-state index contributed by atoms with van der Waals surface area (Å²) in [6.07, 6.45) is 17.9. The van der Waals surface area contributed by atoms with Crippen LogP contribution in [0.5, 0.6) is 0 Å². The van der Waals surface area contributed by atoms with Crippen LogP contribution in [0.2, 0.25) is 0 Å². The molecule has 31 heavy (non-hydrogen) atoms. The molecule has 0 aliphatic rings. The summed E-state index contributed by atoms with van der Waals surface area (Å²) in [6, 6.07) is 4.96. The summed E-state index contributed by atoms with van der Waals surface area (Å²) in [5.41, 5.74) is 0.0719. The number of unbranched alkanes of at least 4 members (excludes halogenated alkanes) is 4. The van der Waals surface area contributed by atoms with Crippen LogP contribution < -0.4 is 0 Å². The monoisotopic (exact) mass is 475 g/mol. The normalized spacial score (nSPS) is 11.5. The Balaban J connectivity index is 0.000000590. The molecule has 0 heterocycles. The van der Waals surface area contributed by atoms with Crippen LogP contribution >= 0.6 is 7.26 Å². The summed E-state index contributed by atoms with van der Waals surface area (Å²) in [7, 11) is -3.65. The maximum atomic E-state index is 11.0. The molecule has 1 N–H and O–H groups in total. The van der Waals surface area contributed by atoms with Crippen LogP contribution in [-0.2, 0) is 14.9 Å². The van der Waals surface area contributed by atoms with E-state index < -0.39 is 23.3 Å². The molecule has 0 saturated heterocycles. The minimum absolute atomic E-state index is 0.0719. The molecular weight excluding hydrogens is 431 g/mol. The van der Waals surface area contributed by atoms with Gasteiger partial charge < -0.3 is 4.74 Å². The molecule has 1 aromatic carbocycles. The van der Waals surface area contributed by atoms with Gasteiger partial charge >= 0.3 is 5.97 Å². The maximum Gasteiger partial charge on any atom is 0.337 e. The smallest absolute Gasteiger partial charge is 0.337 e. The number of hydrogen-bond acceptors (Lipinski definition) is 4. The topological polar surface area (TPSA) is 80.7 Å². The highest BCUT2D eigenvalue weighted by atomic mass is 32.2. The third-order valence-corrected chi connectivity index (χ3v) is 11.4. The Morgan fingerprint density at radius 1 is 0.871 bits per heavy atom. The Labute approximate surface area is 191 Å². The molecule has 0 fully saturated rings. The molecule has 0 aliphatic carbocycles. The molecule has 0 unspecified atom stereocenters. The summed E-state index contributed by atoms with van der Waals surface area (Å²) in [4.78, 5) is 10.7. The van der Waals surface area contributed by atoms with E-state index >= 15 is 0 Å². The van der Waals surface area contributed by atoms with Gasteiger partial charge in [0.15, 0.2) is 0 Å². The van der Waals surface area contributed by atoms with Crippen LogP contribution in [0.25, 0.3) is 0 Å². The first-order valence-corrected chi connectivity index (χ1v) is 15.7. The van der Waals surface area contributed by atoms with Crippen molar-refractivity contribution in [2.24, 2.45) is 0 Å². The number of methoxy groups -OCH3 is 1. The predicted molar refractivity (Wildman–Crippen MR) is 134 cm³/mol. The molecule has 7 heteroatoms. The minimum atomic E-state index is -4.27. The van der Waals surface area contributed by atoms with Crippen LogP contribution in [0.3, 0.4) is 0 Å². The lowest BCUT2D eigenvalue weighted by Crippen LogP contribution is -2.12. The van der Waals surface area contributed by atoms with E-state index in [9.17, 15) is 13.2 Å². The van der Waals surface area contributed by atoms with Crippen LogP contribution in [0.4, 0.5) is 0 Å². The predicted octanol–water partition coefficient (Wildman–Crippen LogP) is 6.92. The van der Waals surface area contributed by atoms with Crippen molar-refractivity contribution < 1.29 is 22.5 Å². The maximum absolute atomic E-state index is 11.0. The Bertz CT molecular complexity index is 681. The number of carbonyl (C=O) groups is 1. The summed E-state index contributed by atoms with van der Waals surface area (Å²) in [5, 5.41) is 0. The van der Waals surface area contributed by atoms with E-state index in [1.54, 1.807) is 24.6 Å². The van der Waals surface area contributed by atoms with Crippen molar-refractivity contribution in [2.45, 2.75) is 84.0 Å². The van der Waals surface area contributed by atoms with Gasteiger partial charge in [0.25, 0.3) is 10.1 Å². The molecular formula is C24H44O5PS+. The molecule has 0 saturated carbocycles. The SMILES string of the molecule is CCCC[P+](CCCC)(CCCC)CCCC.COC(=O)c1cccc(S(=O)(=O)O)c1. The lowest BCUT2D eigenvalue weighted by Gasteiger charge is -2.28. The second-order valence-electron chi connectivity index (χ2n) is 8.14. The van der Waals surface area contributed by atoms with Crippen molar-refractivity contribution in [2.75, 3.05) is 31.8 Å². The Morgan fingerprint density at radius 3 is 1.61 bits per heavy atom. The molecule has 180 valence electrons. The van der Waals surface area contributed by atoms with Crippen molar-refractivity contribution >= 4 is 23.3 Å². The van der Waals surface area contributed by atoms with Crippen molar-refractivity contribution in [3.8, 4) is 0 Å². The average molecular weight is 476 g/mol. The van der Waals surface area contributed by atoms with Gasteiger partial charge in [0.05, 0.1) is 42.2 Å². The van der Waals surface area contributed by atoms with Gasteiger partial charge in [-0.2, -0.15) is 8.42 Å². The Kier molecular flexibility index (Phi) is 16.1. The van der Waals surface area contributed by atoms with Gasteiger partial charge in [0, 0.05) is 7.26 Å². The van der Waals surface area contributed by atoms with Gasteiger partial charge in [-0.25, -0.2) is 4.79 Å². The average Bonchev–Trinajstić information content (AvgIpc) is 2.77. The van der Waals surface area contributed by atoms with Gasteiger partial charge in [0.1, 0.15) is 0 Å². The van der Waals surface area contributed by atoms with Crippen LogP contribution in [0.1, 0.15) is 89.4 Å². The second-order valence-corrected chi connectivity index (χ2v) is 14.0. The standard InChI is InChI=1S/C16H36P.C8H8O5S/c1-5-9-13-17(14-10-6-2,15-11-7-3)16-12-8-4;1-13-8(9)6-3-2-4-7(5-6)14(10,11)12/h5-16H2,1-4H3;2-5H,1H3,(H,10,11,12)/q+1;. The lowest BCUT2D eigenvalue weighted by atomic mass is 10.2.